The molecule has 0 saturated carbocycles. The van der Waals surface area contributed by atoms with Crippen molar-refractivity contribution in [3.05, 3.63) is 41.1 Å². The molecule has 3 aliphatic heterocycles. The summed E-state index contributed by atoms with van der Waals surface area (Å²) in [7, 11) is 0. The minimum absolute atomic E-state index is 0.0837. The van der Waals surface area contributed by atoms with Gasteiger partial charge >= 0.3 is 0 Å². The Hall–Kier alpha value is -3.16. The number of rotatable bonds is 4. The number of nitrogens with one attached hydrogen (secondary N) is 3. The number of carbonyl (C=O) groups excluding carboxylic acids is 2. The lowest BCUT2D eigenvalue weighted by molar-refractivity contribution is -0.120. The Bertz CT molecular complexity index is 1010. The van der Waals surface area contributed by atoms with Crippen molar-refractivity contribution in [1.29, 1.82) is 0 Å². The average molecular weight is 421 g/mol. The van der Waals surface area contributed by atoms with Crippen molar-refractivity contribution in [2.24, 2.45) is 0 Å². The van der Waals surface area contributed by atoms with Gasteiger partial charge < -0.3 is 20.9 Å². The van der Waals surface area contributed by atoms with Crippen LogP contribution in [0.1, 0.15) is 67.1 Å². The van der Waals surface area contributed by atoms with Crippen molar-refractivity contribution >= 4 is 29.3 Å². The second kappa shape index (κ2) is 7.83. The van der Waals surface area contributed by atoms with Crippen molar-refractivity contribution in [3.63, 3.8) is 0 Å². The van der Waals surface area contributed by atoms with Gasteiger partial charge in [-0.2, -0.15) is 4.98 Å². The van der Waals surface area contributed by atoms with Gasteiger partial charge in [-0.3, -0.25) is 9.59 Å². The molecule has 8 heteroatoms. The molecule has 3 N–H and O–H groups in total. The van der Waals surface area contributed by atoms with Crippen molar-refractivity contribution in [1.82, 2.24) is 20.6 Å². The summed E-state index contributed by atoms with van der Waals surface area (Å²) in [5, 5.41) is 9.08. The fraction of sp³-hybridized carbons (Fsp3) is 0.478. The van der Waals surface area contributed by atoms with Gasteiger partial charge in [-0.1, -0.05) is 12.1 Å². The number of amides is 2. The summed E-state index contributed by atoms with van der Waals surface area (Å²) in [6.07, 6.45) is 4.25. The van der Waals surface area contributed by atoms with Crippen LogP contribution >= 0.6 is 0 Å². The van der Waals surface area contributed by atoms with Crippen LogP contribution in [0.25, 0.3) is 0 Å². The highest BCUT2D eigenvalue weighted by Crippen LogP contribution is 2.32. The molecule has 31 heavy (non-hydrogen) atoms. The highest BCUT2D eigenvalue weighted by atomic mass is 16.2. The predicted octanol–water partition coefficient (Wildman–Crippen LogP) is 2.83. The summed E-state index contributed by atoms with van der Waals surface area (Å²) in [6.45, 7) is 5.56. The molecule has 0 aliphatic carbocycles. The molecule has 8 nitrogen and oxygen atoms in total. The zero-order valence-corrected chi connectivity index (χ0v) is 17.9. The quantitative estimate of drug-likeness (QED) is 0.703. The van der Waals surface area contributed by atoms with Crippen molar-refractivity contribution < 1.29 is 9.59 Å². The molecule has 2 unspecified atom stereocenters. The molecule has 0 radical (unpaired) electrons. The van der Waals surface area contributed by atoms with Crippen molar-refractivity contribution in [2.45, 2.75) is 64.1 Å². The van der Waals surface area contributed by atoms with Gasteiger partial charge in [0.15, 0.2) is 0 Å². The van der Waals surface area contributed by atoms with Gasteiger partial charge in [0, 0.05) is 24.3 Å². The molecule has 1 aromatic heterocycles. The predicted molar refractivity (Wildman–Crippen MR) is 119 cm³/mol. The third-order valence-electron chi connectivity index (χ3n) is 6.66. The Labute approximate surface area is 181 Å². The van der Waals surface area contributed by atoms with Crippen LogP contribution in [-0.2, 0) is 11.3 Å². The highest BCUT2D eigenvalue weighted by Gasteiger charge is 2.32. The molecule has 4 heterocycles. The summed E-state index contributed by atoms with van der Waals surface area (Å²) in [5.41, 5.74) is 3.08. The minimum atomic E-state index is -0.150. The van der Waals surface area contributed by atoms with Gasteiger partial charge in [0.2, 0.25) is 11.9 Å². The van der Waals surface area contributed by atoms with Crippen LogP contribution < -0.4 is 20.9 Å². The van der Waals surface area contributed by atoms with E-state index in [0.717, 1.165) is 42.8 Å². The number of nitrogens with zero attached hydrogens (tertiary/aromatic N) is 3. The highest BCUT2D eigenvalue weighted by molar-refractivity contribution is 6.03. The van der Waals surface area contributed by atoms with E-state index in [9.17, 15) is 9.59 Å². The number of carbonyl (C=O) groups is 2. The number of benzene rings is 1. The molecule has 0 spiro atoms. The summed E-state index contributed by atoms with van der Waals surface area (Å²) >= 11 is 0. The largest absolute Gasteiger partial charge is 0.356 e. The third kappa shape index (κ3) is 3.60. The van der Waals surface area contributed by atoms with E-state index in [1.54, 1.807) is 0 Å². The van der Waals surface area contributed by atoms with Crippen molar-refractivity contribution in [3.8, 4) is 0 Å². The summed E-state index contributed by atoms with van der Waals surface area (Å²) in [6, 6.07) is 8.53. The van der Waals surface area contributed by atoms with Crippen LogP contribution in [0.5, 0.6) is 0 Å². The van der Waals surface area contributed by atoms with E-state index in [1.807, 2.05) is 24.3 Å². The molecule has 3 atom stereocenters. The lowest BCUT2D eigenvalue weighted by Crippen LogP contribution is -2.45. The maximum atomic E-state index is 12.5. The Balaban J connectivity index is 1.46. The van der Waals surface area contributed by atoms with Crippen molar-refractivity contribution in [2.75, 3.05) is 16.8 Å². The lowest BCUT2D eigenvalue weighted by atomic mass is 9.97. The average Bonchev–Trinajstić information content (AvgIpc) is 3.34. The Morgan fingerprint density at radius 2 is 1.74 bits per heavy atom. The molecular weight excluding hydrogens is 392 g/mol. The van der Waals surface area contributed by atoms with Gasteiger partial charge in [-0.15, -0.1) is 0 Å². The fourth-order valence-electron chi connectivity index (χ4n) is 4.98. The van der Waals surface area contributed by atoms with Crippen LogP contribution in [0.15, 0.2) is 24.3 Å². The van der Waals surface area contributed by atoms with Crippen LogP contribution in [-0.4, -0.2) is 40.4 Å². The SMILES string of the molecule is CC1CCCC(C)N1c1nc2c(c(Nc3ccc([C@H]4CCNC4=O)cc3)n1)C(=O)NC2. The normalized spacial score (nSPS) is 25.2. The van der Waals surface area contributed by atoms with E-state index < -0.39 is 0 Å². The van der Waals surface area contributed by atoms with Crippen LogP contribution in [0.4, 0.5) is 17.5 Å². The number of piperidine rings is 1. The van der Waals surface area contributed by atoms with Gasteiger partial charge in [0.25, 0.3) is 5.91 Å². The number of hydrogen-bond acceptors (Lipinski definition) is 6. The number of aromatic nitrogens is 2. The second-order valence-electron chi connectivity index (χ2n) is 8.79. The molecule has 5 rings (SSSR count). The molecule has 2 saturated heterocycles. The van der Waals surface area contributed by atoms with Gasteiger partial charge in [0.05, 0.1) is 18.2 Å². The monoisotopic (exact) mass is 420 g/mol. The Morgan fingerprint density at radius 1 is 1.00 bits per heavy atom. The molecule has 2 fully saturated rings. The van der Waals surface area contributed by atoms with E-state index in [-0.39, 0.29) is 17.7 Å². The Morgan fingerprint density at radius 3 is 2.42 bits per heavy atom. The van der Waals surface area contributed by atoms with Crippen LogP contribution in [0.2, 0.25) is 0 Å². The first-order chi connectivity index (χ1) is 15.0. The maximum Gasteiger partial charge on any atom is 0.257 e. The zero-order valence-electron chi connectivity index (χ0n) is 17.9. The third-order valence-corrected chi connectivity index (χ3v) is 6.66. The number of hydrogen-bond donors (Lipinski definition) is 3. The standard InChI is InChI=1S/C23H28N6O2/c1-13-4-3-5-14(2)29(13)23-27-18-12-25-22(31)19(18)20(28-23)26-16-8-6-15(7-9-16)17-10-11-24-21(17)30/h6-9,13-14,17H,3-5,10-12H2,1-2H3,(H,24,30)(H,25,31)(H,26,27,28)/t13?,14?,17-/m1/s1. The van der Waals surface area contributed by atoms with E-state index >= 15 is 0 Å². The summed E-state index contributed by atoms with van der Waals surface area (Å²) in [4.78, 5) is 36.3. The zero-order chi connectivity index (χ0) is 21.5. The van der Waals surface area contributed by atoms with Crippen LogP contribution in [0.3, 0.4) is 0 Å². The number of anilines is 3. The molecule has 0 bridgehead atoms. The molecule has 1 aromatic carbocycles. The summed E-state index contributed by atoms with van der Waals surface area (Å²) < 4.78 is 0. The molecular formula is C23H28N6O2. The van der Waals surface area contributed by atoms with Gasteiger partial charge in [0.1, 0.15) is 11.4 Å². The summed E-state index contributed by atoms with van der Waals surface area (Å²) in [5.74, 6) is 1.06. The van der Waals surface area contributed by atoms with E-state index in [2.05, 4.69) is 34.7 Å². The first-order valence-corrected chi connectivity index (χ1v) is 11.1. The first-order valence-electron chi connectivity index (χ1n) is 11.1. The number of fused-ring (bicyclic) bond motifs is 1. The van der Waals surface area contributed by atoms with Gasteiger partial charge in [-0.25, -0.2) is 4.98 Å². The first kappa shape index (κ1) is 19.8. The van der Waals surface area contributed by atoms with E-state index in [0.29, 0.717) is 36.0 Å². The van der Waals surface area contributed by atoms with Gasteiger partial charge in [-0.05, 0) is 57.2 Å². The molecule has 2 aromatic rings. The maximum absolute atomic E-state index is 12.5. The van der Waals surface area contributed by atoms with E-state index in [4.69, 9.17) is 9.97 Å². The Kier molecular flexibility index (Phi) is 5.00. The lowest BCUT2D eigenvalue weighted by Gasteiger charge is -2.39. The smallest absolute Gasteiger partial charge is 0.257 e. The molecule has 2 amide bonds. The topological polar surface area (TPSA) is 99.2 Å². The molecule has 3 aliphatic rings. The minimum Gasteiger partial charge on any atom is -0.356 e. The second-order valence-corrected chi connectivity index (χ2v) is 8.79. The van der Waals surface area contributed by atoms with E-state index in [1.165, 1.54) is 6.42 Å². The molecule has 162 valence electrons. The fourth-order valence-corrected chi connectivity index (χ4v) is 4.98. The van der Waals surface area contributed by atoms with Crippen LogP contribution in [0, 0.1) is 0 Å².